The molecule has 0 aliphatic heterocycles. The summed E-state index contributed by atoms with van der Waals surface area (Å²) in [7, 11) is 1.52. The second kappa shape index (κ2) is 7.47. The van der Waals surface area contributed by atoms with Gasteiger partial charge in [-0.05, 0) is 30.3 Å². The standard InChI is InChI=1S/C17H11ClF4N4O2/c1-26-15(10-3-2-9(6-11(10)18)28-17(20,21)22)7-14(25-26)16(27)24-13-4-5-23-8-12(13)19/h2-8H,1H3,(H,23,24,27). The highest BCUT2D eigenvalue weighted by atomic mass is 35.5. The number of rotatable bonds is 4. The van der Waals surface area contributed by atoms with Crippen LogP contribution in [0.1, 0.15) is 10.5 Å². The number of benzene rings is 1. The van der Waals surface area contributed by atoms with E-state index in [0.29, 0.717) is 11.3 Å². The lowest BCUT2D eigenvalue weighted by atomic mass is 10.1. The van der Waals surface area contributed by atoms with Crippen molar-refractivity contribution in [1.29, 1.82) is 0 Å². The molecule has 0 atom stereocenters. The Hall–Kier alpha value is -3.14. The summed E-state index contributed by atoms with van der Waals surface area (Å²) in [6.07, 6.45) is -2.58. The van der Waals surface area contributed by atoms with Gasteiger partial charge in [-0.1, -0.05) is 11.6 Å². The molecule has 1 amide bonds. The van der Waals surface area contributed by atoms with Crippen LogP contribution in [0.15, 0.2) is 42.7 Å². The Morgan fingerprint density at radius 1 is 1.25 bits per heavy atom. The number of nitrogens with one attached hydrogen (secondary N) is 1. The Balaban J connectivity index is 1.86. The van der Waals surface area contributed by atoms with Gasteiger partial charge in [-0.25, -0.2) is 4.39 Å². The highest BCUT2D eigenvalue weighted by molar-refractivity contribution is 6.33. The number of aryl methyl sites for hydroxylation is 1. The number of halogens is 5. The van der Waals surface area contributed by atoms with E-state index in [1.54, 1.807) is 0 Å². The van der Waals surface area contributed by atoms with Crippen LogP contribution in [0.5, 0.6) is 5.75 Å². The molecule has 1 aromatic carbocycles. The van der Waals surface area contributed by atoms with Gasteiger partial charge in [0.15, 0.2) is 11.5 Å². The molecular formula is C17H11ClF4N4O2. The second-order valence-corrected chi connectivity index (χ2v) is 5.94. The summed E-state index contributed by atoms with van der Waals surface area (Å²) in [6.45, 7) is 0. The van der Waals surface area contributed by atoms with Gasteiger partial charge in [0.1, 0.15) is 5.75 Å². The molecular weight excluding hydrogens is 404 g/mol. The molecule has 0 saturated heterocycles. The highest BCUT2D eigenvalue weighted by Gasteiger charge is 2.31. The fourth-order valence-corrected chi connectivity index (χ4v) is 2.66. The van der Waals surface area contributed by atoms with Crippen LogP contribution in [0.4, 0.5) is 23.2 Å². The summed E-state index contributed by atoms with van der Waals surface area (Å²) in [4.78, 5) is 15.9. The van der Waals surface area contributed by atoms with Crippen LogP contribution in [0.25, 0.3) is 11.3 Å². The summed E-state index contributed by atoms with van der Waals surface area (Å²) in [5.74, 6) is -1.87. The summed E-state index contributed by atoms with van der Waals surface area (Å²) >= 11 is 6.06. The Morgan fingerprint density at radius 2 is 2.00 bits per heavy atom. The number of carbonyl (C=O) groups is 1. The first-order valence-electron chi connectivity index (χ1n) is 7.64. The van der Waals surface area contributed by atoms with E-state index in [1.165, 1.54) is 36.1 Å². The van der Waals surface area contributed by atoms with Gasteiger partial charge < -0.3 is 10.1 Å². The topological polar surface area (TPSA) is 69.0 Å². The molecule has 146 valence electrons. The SMILES string of the molecule is Cn1nc(C(=O)Nc2ccncc2F)cc1-c1ccc(OC(F)(F)F)cc1Cl. The van der Waals surface area contributed by atoms with Crippen molar-refractivity contribution in [2.45, 2.75) is 6.36 Å². The summed E-state index contributed by atoms with van der Waals surface area (Å²) in [5.41, 5.74) is 0.587. The quantitative estimate of drug-likeness (QED) is 0.641. The van der Waals surface area contributed by atoms with Crippen molar-refractivity contribution >= 4 is 23.2 Å². The Labute approximate surface area is 160 Å². The van der Waals surface area contributed by atoms with Gasteiger partial charge in [0, 0.05) is 18.8 Å². The monoisotopic (exact) mass is 414 g/mol. The highest BCUT2D eigenvalue weighted by Crippen LogP contribution is 2.33. The predicted octanol–water partition coefficient (Wildman–Crippen LogP) is 4.43. The van der Waals surface area contributed by atoms with Crippen molar-refractivity contribution in [3.8, 4) is 17.0 Å². The maximum atomic E-state index is 13.6. The van der Waals surface area contributed by atoms with Crippen LogP contribution in [-0.2, 0) is 7.05 Å². The molecule has 2 heterocycles. The Morgan fingerprint density at radius 3 is 2.64 bits per heavy atom. The second-order valence-electron chi connectivity index (χ2n) is 5.54. The number of alkyl halides is 3. The number of pyridine rings is 1. The van der Waals surface area contributed by atoms with E-state index < -0.39 is 23.8 Å². The zero-order chi connectivity index (χ0) is 20.5. The third-order valence-corrected chi connectivity index (χ3v) is 3.90. The number of amides is 1. The molecule has 0 unspecified atom stereocenters. The molecule has 0 radical (unpaired) electrons. The number of anilines is 1. The molecule has 2 aromatic heterocycles. The fraction of sp³-hybridized carbons (Fsp3) is 0.118. The number of hydrogen-bond acceptors (Lipinski definition) is 4. The molecule has 1 N–H and O–H groups in total. The van der Waals surface area contributed by atoms with E-state index in [-0.39, 0.29) is 16.4 Å². The van der Waals surface area contributed by atoms with E-state index in [2.05, 4.69) is 20.1 Å². The van der Waals surface area contributed by atoms with Crippen LogP contribution in [0.2, 0.25) is 5.02 Å². The van der Waals surface area contributed by atoms with Crippen LogP contribution in [0.3, 0.4) is 0 Å². The maximum Gasteiger partial charge on any atom is 0.573 e. The zero-order valence-electron chi connectivity index (χ0n) is 14.1. The molecule has 3 rings (SSSR count). The molecule has 3 aromatic rings. The zero-order valence-corrected chi connectivity index (χ0v) is 14.8. The largest absolute Gasteiger partial charge is 0.573 e. The minimum absolute atomic E-state index is 0.0307. The molecule has 28 heavy (non-hydrogen) atoms. The molecule has 0 saturated carbocycles. The van der Waals surface area contributed by atoms with Gasteiger partial charge in [0.05, 0.1) is 22.6 Å². The van der Waals surface area contributed by atoms with Crippen LogP contribution < -0.4 is 10.1 Å². The number of aromatic nitrogens is 3. The van der Waals surface area contributed by atoms with Gasteiger partial charge in [-0.2, -0.15) is 5.10 Å². The number of hydrogen-bond donors (Lipinski definition) is 1. The summed E-state index contributed by atoms with van der Waals surface area (Å²) in [5, 5.41) is 6.36. The molecule has 0 aliphatic carbocycles. The van der Waals surface area contributed by atoms with Gasteiger partial charge in [-0.3, -0.25) is 14.5 Å². The van der Waals surface area contributed by atoms with Crippen molar-refractivity contribution in [2.75, 3.05) is 5.32 Å². The van der Waals surface area contributed by atoms with Crippen molar-refractivity contribution in [3.05, 3.63) is 59.3 Å². The average molecular weight is 415 g/mol. The van der Waals surface area contributed by atoms with Crippen LogP contribution in [0, 0.1) is 5.82 Å². The first kappa shape index (κ1) is 19.6. The van der Waals surface area contributed by atoms with Crippen LogP contribution in [-0.4, -0.2) is 27.0 Å². The minimum atomic E-state index is -4.84. The van der Waals surface area contributed by atoms with E-state index in [4.69, 9.17) is 11.6 Å². The van der Waals surface area contributed by atoms with Crippen molar-refractivity contribution in [2.24, 2.45) is 7.05 Å². The minimum Gasteiger partial charge on any atom is -0.406 e. The molecule has 6 nitrogen and oxygen atoms in total. The van der Waals surface area contributed by atoms with Crippen molar-refractivity contribution in [1.82, 2.24) is 14.8 Å². The smallest absolute Gasteiger partial charge is 0.406 e. The number of ether oxygens (including phenoxy) is 1. The normalized spacial score (nSPS) is 11.4. The van der Waals surface area contributed by atoms with Gasteiger partial charge in [0.25, 0.3) is 5.91 Å². The van der Waals surface area contributed by atoms with E-state index in [1.807, 2.05) is 0 Å². The summed E-state index contributed by atoms with van der Waals surface area (Å²) in [6, 6.07) is 6.06. The lowest BCUT2D eigenvalue weighted by Crippen LogP contribution is -2.17. The first-order chi connectivity index (χ1) is 13.1. The van der Waals surface area contributed by atoms with E-state index in [0.717, 1.165) is 18.3 Å². The van der Waals surface area contributed by atoms with Gasteiger partial charge in [0.2, 0.25) is 0 Å². The Kier molecular flexibility index (Phi) is 5.23. The number of carbonyl (C=O) groups excluding carboxylic acids is 1. The molecule has 11 heteroatoms. The van der Waals surface area contributed by atoms with Crippen LogP contribution >= 0.6 is 11.6 Å². The lowest BCUT2D eigenvalue weighted by molar-refractivity contribution is -0.274. The molecule has 0 aliphatic rings. The third kappa shape index (κ3) is 4.39. The molecule has 0 spiro atoms. The van der Waals surface area contributed by atoms with E-state index in [9.17, 15) is 22.4 Å². The third-order valence-electron chi connectivity index (χ3n) is 3.58. The molecule has 0 bridgehead atoms. The predicted molar refractivity (Wildman–Crippen MR) is 92.5 cm³/mol. The van der Waals surface area contributed by atoms with Crippen molar-refractivity contribution in [3.63, 3.8) is 0 Å². The number of nitrogens with zero attached hydrogens (tertiary/aromatic N) is 3. The molecule has 0 fully saturated rings. The van der Waals surface area contributed by atoms with Gasteiger partial charge >= 0.3 is 6.36 Å². The average Bonchev–Trinajstić information content (AvgIpc) is 2.97. The fourth-order valence-electron chi connectivity index (χ4n) is 2.39. The Bertz CT molecular complexity index is 1040. The lowest BCUT2D eigenvalue weighted by Gasteiger charge is -2.11. The van der Waals surface area contributed by atoms with E-state index >= 15 is 0 Å². The maximum absolute atomic E-state index is 13.6. The van der Waals surface area contributed by atoms with Gasteiger partial charge in [-0.15, -0.1) is 13.2 Å². The summed E-state index contributed by atoms with van der Waals surface area (Å²) < 4.78 is 55.7. The van der Waals surface area contributed by atoms with Crippen molar-refractivity contribution < 1.29 is 27.1 Å². The first-order valence-corrected chi connectivity index (χ1v) is 8.02.